The van der Waals surface area contributed by atoms with E-state index in [-0.39, 0.29) is 0 Å². The Labute approximate surface area is 256 Å². The largest absolute Gasteiger partial charge is 0.311 e. The van der Waals surface area contributed by atoms with Gasteiger partial charge in [-0.3, -0.25) is 0 Å². The molecule has 0 radical (unpaired) electrons. The molecule has 0 fully saturated rings. The van der Waals surface area contributed by atoms with Crippen molar-refractivity contribution in [3.8, 4) is 11.1 Å². The summed E-state index contributed by atoms with van der Waals surface area (Å²) in [6, 6.07) is 54.8. The van der Waals surface area contributed by atoms with Crippen LogP contribution >= 0.6 is 0 Å². The molecule has 43 heavy (non-hydrogen) atoms. The predicted octanol–water partition coefficient (Wildman–Crippen LogP) is 11.9. The van der Waals surface area contributed by atoms with Crippen molar-refractivity contribution in [1.29, 1.82) is 0 Å². The van der Waals surface area contributed by atoms with Gasteiger partial charge < -0.3 is 9.80 Å². The summed E-state index contributed by atoms with van der Waals surface area (Å²) in [4.78, 5) is 4.64. The number of hydrogen-bond acceptors (Lipinski definition) is 2. The summed E-state index contributed by atoms with van der Waals surface area (Å²) in [5, 5.41) is 0. The van der Waals surface area contributed by atoms with Gasteiger partial charge in [-0.05, 0) is 110 Å². The number of para-hydroxylation sites is 1. The molecule has 6 aromatic carbocycles. The first-order valence-electron chi connectivity index (χ1n) is 15.2. The number of rotatable bonds is 9. The normalized spacial score (nSPS) is 10.9. The van der Waals surface area contributed by atoms with Gasteiger partial charge in [0, 0.05) is 34.1 Å². The topological polar surface area (TPSA) is 6.48 Å². The summed E-state index contributed by atoms with van der Waals surface area (Å²) in [5.74, 6) is 0. The van der Waals surface area contributed by atoms with E-state index in [2.05, 4.69) is 182 Å². The second-order valence-corrected chi connectivity index (χ2v) is 11.2. The van der Waals surface area contributed by atoms with Gasteiger partial charge in [-0.25, -0.2) is 0 Å². The van der Waals surface area contributed by atoms with Crippen molar-refractivity contribution in [3.05, 3.63) is 168 Å². The third kappa shape index (κ3) is 6.39. The first kappa shape index (κ1) is 28.1. The molecule has 6 rings (SSSR count). The average molecular weight is 559 g/mol. The van der Waals surface area contributed by atoms with Crippen LogP contribution in [0.15, 0.2) is 152 Å². The van der Waals surface area contributed by atoms with E-state index < -0.39 is 0 Å². The number of aryl methyl sites for hydroxylation is 3. The minimum absolute atomic E-state index is 1.10. The lowest BCUT2D eigenvalue weighted by molar-refractivity contribution is 0.922. The molecule has 0 heterocycles. The lowest BCUT2D eigenvalue weighted by atomic mass is 10.0. The van der Waals surface area contributed by atoms with Crippen LogP contribution in [0.1, 0.15) is 30.0 Å². The molecule has 0 aromatic heterocycles. The molecule has 0 spiro atoms. The molecule has 0 aliphatic carbocycles. The fourth-order valence-corrected chi connectivity index (χ4v) is 5.57. The molecular weight excluding hydrogens is 520 g/mol. The quantitative estimate of drug-likeness (QED) is 0.174. The molecule has 0 saturated heterocycles. The highest BCUT2D eigenvalue weighted by molar-refractivity contribution is 5.80. The van der Waals surface area contributed by atoms with E-state index in [1.807, 2.05) is 0 Å². The molecule has 0 aliphatic rings. The molecule has 0 aliphatic heterocycles. The van der Waals surface area contributed by atoms with Crippen molar-refractivity contribution >= 4 is 34.1 Å². The maximum Gasteiger partial charge on any atom is 0.0462 e. The van der Waals surface area contributed by atoms with Gasteiger partial charge in [0.2, 0.25) is 0 Å². The first-order valence-corrected chi connectivity index (χ1v) is 15.2. The van der Waals surface area contributed by atoms with Crippen molar-refractivity contribution in [2.24, 2.45) is 0 Å². The molecule has 2 nitrogen and oxygen atoms in total. The molecule has 0 atom stereocenters. The zero-order valence-corrected chi connectivity index (χ0v) is 25.2. The summed E-state index contributed by atoms with van der Waals surface area (Å²) in [7, 11) is 0. The third-order valence-electron chi connectivity index (χ3n) is 7.92. The second-order valence-electron chi connectivity index (χ2n) is 11.2. The SMILES string of the molecule is CCCc1ccc(N(c2ccc(C)cc2)c2ccc(-c3ccc(N(c4ccccc4)c4ccc(C)cc4)cc3)cc2)cc1. The molecule has 0 unspecified atom stereocenters. The van der Waals surface area contributed by atoms with Crippen LogP contribution in [0.3, 0.4) is 0 Å². The van der Waals surface area contributed by atoms with Gasteiger partial charge in [-0.15, -0.1) is 0 Å². The maximum absolute atomic E-state index is 2.33. The van der Waals surface area contributed by atoms with E-state index in [9.17, 15) is 0 Å². The lowest BCUT2D eigenvalue weighted by Crippen LogP contribution is -2.10. The lowest BCUT2D eigenvalue weighted by Gasteiger charge is -2.26. The molecule has 2 heteroatoms. The Bertz CT molecular complexity index is 1740. The van der Waals surface area contributed by atoms with Crippen LogP contribution in [0.25, 0.3) is 11.1 Å². The van der Waals surface area contributed by atoms with Crippen LogP contribution in [0.2, 0.25) is 0 Å². The van der Waals surface area contributed by atoms with E-state index in [1.54, 1.807) is 0 Å². The minimum atomic E-state index is 1.10. The van der Waals surface area contributed by atoms with Crippen LogP contribution in [-0.2, 0) is 6.42 Å². The summed E-state index contributed by atoms with van der Waals surface area (Å²) in [5.41, 5.74) is 13.2. The highest BCUT2D eigenvalue weighted by Gasteiger charge is 2.14. The Morgan fingerprint density at radius 3 is 1.07 bits per heavy atom. The molecule has 0 amide bonds. The van der Waals surface area contributed by atoms with Gasteiger partial charge in [0.25, 0.3) is 0 Å². The highest BCUT2D eigenvalue weighted by atomic mass is 15.1. The Morgan fingerprint density at radius 2 is 0.698 bits per heavy atom. The van der Waals surface area contributed by atoms with Gasteiger partial charge in [-0.2, -0.15) is 0 Å². The van der Waals surface area contributed by atoms with Crippen LogP contribution < -0.4 is 9.80 Å². The molecule has 212 valence electrons. The Hall–Kier alpha value is -5.08. The van der Waals surface area contributed by atoms with Gasteiger partial charge in [0.15, 0.2) is 0 Å². The smallest absolute Gasteiger partial charge is 0.0462 e. The van der Waals surface area contributed by atoms with Crippen LogP contribution in [0.4, 0.5) is 34.1 Å². The van der Waals surface area contributed by atoms with Gasteiger partial charge in [0.1, 0.15) is 0 Å². The molecule has 0 saturated carbocycles. The minimum Gasteiger partial charge on any atom is -0.311 e. The van der Waals surface area contributed by atoms with Crippen molar-refractivity contribution in [2.75, 3.05) is 9.80 Å². The summed E-state index contributed by atoms with van der Waals surface area (Å²) < 4.78 is 0. The summed E-state index contributed by atoms with van der Waals surface area (Å²) in [6.07, 6.45) is 2.26. The predicted molar refractivity (Wildman–Crippen MR) is 185 cm³/mol. The monoisotopic (exact) mass is 558 g/mol. The third-order valence-corrected chi connectivity index (χ3v) is 7.92. The second kappa shape index (κ2) is 12.8. The first-order chi connectivity index (χ1) is 21.1. The van der Waals surface area contributed by atoms with Crippen molar-refractivity contribution in [2.45, 2.75) is 33.6 Å². The summed E-state index contributed by atoms with van der Waals surface area (Å²) in [6.45, 7) is 6.48. The highest BCUT2D eigenvalue weighted by Crippen LogP contribution is 2.38. The maximum atomic E-state index is 2.33. The van der Waals surface area contributed by atoms with E-state index in [4.69, 9.17) is 0 Å². The zero-order chi connectivity index (χ0) is 29.6. The van der Waals surface area contributed by atoms with Crippen molar-refractivity contribution in [1.82, 2.24) is 0 Å². The van der Waals surface area contributed by atoms with E-state index in [0.29, 0.717) is 0 Å². The fourth-order valence-electron chi connectivity index (χ4n) is 5.57. The standard InChI is InChI=1S/C41H38N2/c1-4-8-33-15-25-39(26-16-33)43(38-23-13-32(3)14-24-38)41-29-19-35(20-30-41)34-17-27-40(28-18-34)42(36-9-6-5-7-10-36)37-21-11-31(2)12-22-37/h5-7,9-30H,4,8H2,1-3H3. The number of nitrogens with zero attached hydrogens (tertiary/aromatic N) is 2. The number of hydrogen-bond donors (Lipinski definition) is 0. The number of anilines is 6. The fraction of sp³-hybridized carbons (Fsp3) is 0.122. The Kier molecular flexibility index (Phi) is 8.38. The van der Waals surface area contributed by atoms with E-state index in [1.165, 1.54) is 27.8 Å². The molecule has 6 aromatic rings. The Morgan fingerprint density at radius 1 is 0.372 bits per heavy atom. The van der Waals surface area contributed by atoms with Gasteiger partial charge in [-0.1, -0.05) is 103 Å². The summed E-state index contributed by atoms with van der Waals surface area (Å²) >= 11 is 0. The van der Waals surface area contributed by atoms with E-state index >= 15 is 0 Å². The van der Waals surface area contributed by atoms with Crippen LogP contribution in [0, 0.1) is 13.8 Å². The zero-order valence-electron chi connectivity index (χ0n) is 25.2. The number of benzene rings is 6. The molecular formula is C41H38N2. The van der Waals surface area contributed by atoms with Crippen LogP contribution in [-0.4, -0.2) is 0 Å². The Balaban J connectivity index is 1.30. The average Bonchev–Trinajstić information content (AvgIpc) is 3.05. The van der Waals surface area contributed by atoms with E-state index in [0.717, 1.165) is 47.0 Å². The van der Waals surface area contributed by atoms with Crippen molar-refractivity contribution < 1.29 is 0 Å². The van der Waals surface area contributed by atoms with Gasteiger partial charge in [0.05, 0.1) is 0 Å². The van der Waals surface area contributed by atoms with Crippen molar-refractivity contribution in [3.63, 3.8) is 0 Å². The molecule has 0 N–H and O–H groups in total. The van der Waals surface area contributed by atoms with Gasteiger partial charge >= 0.3 is 0 Å². The van der Waals surface area contributed by atoms with Crippen LogP contribution in [0.5, 0.6) is 0 Å². The molecule has 0 bridgehead atoms.